The minimum atomic E-state index is -0.278. The molecule has 0 aliphatic heterocycles. The summed E-state index contributed by atoms with van der Waals surface area (Å²) >= 11 is 16.8. The van der Waals surface area contributed by atoms with E-state index in [1.54, 1.807) is 13.8 Å². The summed E-state index contributed by atoms with van der Waals surface area (Å²) in [7, 11) is 0. The second kappa shape index (κ2) is 6.84. The molecule has 3 N–H and O–H groups in total. The van der Waals surface area contributed by atoms with Crippen molar-refractivity contribution >= 4 is 40.6 Å². The lowest BCUT2D eigenvalue weighted by atomic mass is 10.4. The molecule has 0 aliphatic carbocycles. The normalized spacial score (nSPS) is 16.2. The summed E-state index contributed by atoms with van der Waals surface area (Å²) in [6, 6.07) is 0. The van der Waals surface area contributed by atoms with Crippen LogP contribution in [0.2, 0.25) is 0 Å². The molecule has 0 aromatic heterocycles. The third kappa shape index (κ3) is 5.95. The Kier molecular flexibility index (Phi) is 8.48. The number of halogens is 4. The number of nitrogens with two attached hydrogens (primary N) is 1. The van der Waals surface area contributed by atoms with Gasteiger partial charge < -0.3 is 12.4 Å². The van der Waals surface area contributed by atoms with E-state index in [2.05, 4.69) is 4.99 Å². The van der Waals surface area contributed by atoms with Crippen molar-refractivity contribution < 1.29 is 17.4 Å². The molecule has 0 bridgehead atoms. The van der Waals surface area contributed by atoms with E-state index >= 15 is 0 Å². The van der Waals surface area contributed by atoms with Crippen LogP contribution in [0.15, 0.2) is 10.2 Å². The van der Waals surface area contributed by atoms with E-state index < -0.39 is 0 Å². The summed E-state index contributed by atoms with van der Waals surface area (Å²) in [4.78, 5) is 2.65. The molecule has 2 nitrogen and oxygen atoms in total. The lowest BCUT2D eigenvalue weighted by molar-refractivity contribution is -0.386. The average molecular weight is 252 g/mol. The average Bonchev–Trinajstić information content (AvgIpc) is 1.87. The first kappa shape index (κ1) is 14.9. The van der Waals surface area contributed by atoms with Crippen LogP contribution in [-0.2, 0) is 0 Å². The van der Waals surface area contributed by atoms with Crippen LogP contribution in [0, 0.1) is 0 Å². The molecular formula is C6H10Cl4N2. The van der Waals surface area contributed by atoms with Crippen LogP contribution in [0.5, 0.6) is 0 Å². The topological polar surface area (TPSA) is 40.0 Å². The van der Waals surface area contributed by atoms with Gasteiger partial charge in [-0.15, -0.1) is 11.6 Å². The van der Waals surface area contributed by atoms with Gasteiger partial charge in [0.1, 0.15) is 5.38 Å². The van der Waals surface area contributed by atoms with Crippen LogP contribution in [0.4, 0.5) is 0 Å². The molecule has 0 amide bonds. The minimum Gasteiger partial charge on any atom is -1.00 e. The molecule has 0 heterocycles. The van der Waals surface area contributed by atoms with Gasteiger partial charge >= 0.3 is 0 Å². The number of rotatable bonds is 2. The Labute approximate surface area is 93.2 Å². The second-order valence-electron chi connectivity index (χ2n) is 2.04. The van der Waals surface area contributed by atoms with Crippen LogP contribution in [0.1, 0.15) is 13.8 Å². The van der Waals surface area contributed by atoms with Crippen molar-refractivity contribution in [2.24, 2.45) is 5.73 Å². The largest absolute Gasteiger partial charge is 1.00 e. The molecule has 12 heavy (non-hydrogen) atoms. The molecule has 0 rings (SSSR count). The quantitative estimate of drug-likeness (QED) is 0.247. The number of nitrogens with one attached hydrogen (secondary N) is 1. The molecule has 1 atom stereocenters. The van der Waals surface area contributed by atoms with Gasteiger partial charge in [-0.3, -0.25) is 5.73 Å². The first-order valence-electron chi connectivity index (χ1n) is 3.00. The van der Waals surface area contributed by atoms with Gasteiger partial charge in [0.05, 0.1) is 5.03 Å². The van der Waals surface area contributed by atoms with E-state index in [0.29, 0.717) is 16.0 Å². The number of hydrogen-bond acceptors (Lipinski definition) is 0. The molecule has 0 saturated carbocycles. The molecule has 0 fully saturated rings. The molecule has 0 aromatic carbocycles. The zero-order chi connectivity index (χ0) is 9.02. The summed E-state index contributed by atoms with van der Waals surface area (Å²) in [6.45, 7) is 3.39. The highest BCUT2D eigenvalue weighted by Crippen LogP contribution is 2.03. The summed E-state index contributed by atoms with van der Waals surface area (Å²) < 4.78 is 0. The fraction of sp³-hybridized carbons (Fsp3) is 0.500. The molecule has 0 radical (unpaired) electrons. The zero-order valence-corrected chi connectivity index (χ0v) is 9.69. The molecule has 0 aliphatic rings. The molecule has 6 heteroatoms. The van der Waals surface area contributed by atoms with E-state index in [-0.39, 0.29) is 17.8 Å². The Morgan fingerprint density at radius 1 is 1.42 bits per heavy atom. The summed E-state index contributed by atoms with van der Waals surface area (Å²) in [5.41, 5.74) is 5.45. The maximum Gasteiger partial charge on any atom is 0.264 e. The van der Waals surface area contributed by atoms with Crippen LogP contribution < -0.4 is 23.1 Å². The smallest absolute Gasteiger partial charge is 0.264 e. The minimum absolute atomic E-state index is 0. The van der Waals surface area contributed by atoms with Crippen molar-refractivity contribution in [3.05, 3.63) is 10.2 Å². The molecular weight excluding hydrogens is 242 g/mol. The van der Waals surface area contributed by atoms with Crippen molar-refractivity contribution in [2.45, 2.75) is 19.2 Å². The predicted octanol–water partition coefficient (Wildman–Crippen LogP) is -2.28. The van der Waals surface area contributed by atoms with E-state index in [4.69, 9.17) is 40.5 Å². The number of allylic oxidation sites excluding steroid dienone is 1. The first-order valence-corrected chi connectivity index (χ1v) is 4.19. The lowest BCUT2D eigenvalue weighted by Crippen LogP contribution is -3.00. The van der Waals surface area contributed by atoms with Crippen LogP contribution in [0.3, 0.4) is 0 Å². The Morgan fingerprint density at radius 2 is 1.83 bits per heavy atom. The SMILES string of the molecule is C/C(Cl)=C(Cl)\[NH+]=C(\N)C(C)Cl.[Cl-]. The van der Waals surface area contributed by atoms with Gasteiger partial charge in [-0.05, 0) is 25.4 Å². The van der Waals surface area contributed by atoms with Crippen LogP contribution in [-0.4, -0.2) is 11.2 Å². The predicted molar refractivity (Wildman–Crippen MR) is 49.9 cm³/mol. The van der Waals surface area contributed by atoms with Gasteiger partial charge in [0, 0.05) is 0 Å². The maximum absolute atomic E-state index is 5.63. The van der Waals surface area contributed by atoms with Gasteiger partial charge in [-0.2, -0.15) is 0 Å². The Bertz CT molecular complexity index is 194. The summed E-state index contributed by atoms with van der Waals surface area (Å²) in [6.07, 6.45) is 0. The highest BCUT2D eigenvalue weighted by Gasteiger charge is 2.08. The zero-order valence-electron chi connectivity index (χ0n) is 6.67. The third-order valence-corrected chi connectivity index (χ3v) is 1.88. The van der Waals surface area contributed by atoms with Crippen molar-refractivity contribution in [2.75, 3.05) is 0 Å². The first-order chi connectivity index (χ1) is 4.95. The Balaban J connectivity index is 0. The van der Waals surface area contributed by atoms with E-state index in [1.807, 2.05) is 0 Å². The molecule has 0 aromatic rings. The maximum atomic E-state index is 5.63. The van der Waals surface area contributed by atoms with Gasteiger partial charge in [0.15, 0.2) is 0 Å². The van der Waals surface area contributed by atoms with Crippen molar-refractivity contribution in [1.82, 2.24) is 0 Å². The fourth-order valence-electron chi connectivity index (χ4n) is 0.312. The van der Waals surface area contributed by atoms with Gasteiger partial charge in [-0.1, -0.05) is 11.6 Å². The lowest BCUT2D eigenvalue weighted by Gasteiger charge is -1.95. The second-order valence-corrected chi connectivity index (χ2v) is 3.64. The molecule has 72 valence electrons. The number of hydrogen-bond donors (Lipinski definition) is 2. The number of alkyl halides is 1. The van der Waals surface area contributed by atoms with E-state index in [1.165, 1.54) is 0 Å². The molecule has 0 saturated heterocycles. The van der Waals surface area contributed by atoms with Gasteiger partial charge in [0.2, 0.25) is 5.16 Å². The van der Waals surface area contributed by atoms with E-state index in [9.17, 15) is 0 Å². The fourth-order valence-corrected chi connectivity index (χ4v) is 0.523. The third-order valence-electron chi connectivity index (χ3n) is 0.985. The van der Waals surface area contributed by atoms with Crippen LogP contribution in [0.25, 0.3) is 0 Å². The molecule has 0 spiro atoms. The van der Waals surface area contributed by atoms with Crippen molar-refractivity contribution in [3.63, 3.8) is 0 Å². The monoisotopic (exact) mass is 250 g/mol. The van der Waals surface area contributed by atoms with Gasteiger partial charge in [-0.25, -0.2) is 4.99 Å². The van der Waals surface area contributed by atoms with Crippen molar-refractivity contribution in [1.29, 1.82) is 0 Å². The standard InChI is InChI=1S/C6H9Cl3N2.ClH/c1-3(7)5(9)11-6(10)4(2)8;/h4H,1-2H3,(H2,10,11);1H/b5-3+;. The number of amidine groups is 1. The molecule has 1 unspecified atom stereocenters. The highest BCUT2D eigenvalue weighted by molar-refractivity contribution is 6.38. The highest BCUT2D eigenvalue weighted by atomic mass is 35.5. The van der Waals surface area contributed by atoms with Crippen molar-refractivity contribution in [3.8, 4) is 0 Å². The Hall–Kier alpha value is 0.370. The summed E-state index contributed by atoms with van der Waals surface area (Å²) in [5, 5.41) is 0.475. The summed E-state index contributed by atoms with van der Waals surface area (Å²) in [5.74, 6) is 0.386. The Morgan fingerprint density at radius 3 is 2.08 bits per heavy atom. The van der Waals surface area contributed by atoms with Crippen LogP contribution >= 0.6 is 34.8 Å². The van der Waals surface area contributed by atoms with E-state index in [0.717, 1.165) is 0 Å². The van der Waals surface area contributed by atoms with Gasteiger partial charge in [0.25, 0.3) is 5.84 Å².